The van der Waals surface area contributed by atoms with E-state index in [1.165, 1.54) is 10.9 Å². The quantitative estimate of drug-likeness (QED) is 0.520. The van der Waals surface area contributed by atoms with Crippen LogP contribution in [-0.2, 0) is 13.7 Å². The number of aliphatic hydroxyl groups excluding tert-OH is 1. The number of aryl methyl sites for hydroxylation is 1. The van der Waals surface area contributed by atoms with Gasteiger partial charge in [0.1, 0.15) is 0 Å². The van der Waals surface area contributed by atoms with Crippen molar-refractivity contribution in [3.63, 3.8) is 0 Å². The molecule has 4 nitrogen and oxygen atoms in total. The summed E-state index contributed by atoms with van der Waals surface area (Å²) in [5, 5.41) is 11.1. The van der Waals surface area contributed by atoms with Crippen molar-refractivity contribution in [2.75, 3.05) is 0 Å². The van der Waals surface area contributed by atoms with Crippen molar-refractivity contribution in [3.8, 4) is 0 Å². The van der Waals surface area contributed by atoms with Crippen LogP contribution < -0.4 is 5.56 Å². The normalized spacial score (nSPS) is 10.0. The number of hydrogen-bond acceptors (Lipinski definition) is 2. The van der Waals surface area contributed by atoms with Crippen molar-refractivity contribution in [1.82, 2.24) is 9.78 Å². The van der Waals surface area contributed by atoms with Gasteiger partial charge in [-0.2, -0.15) is 0 Å². The Labute approximate surface area is 51.7 Å². The minimum absolute atomic E-state index is 0.169. The summed E-state index contributed by atoms with van der Waals surface area (Å²) in [4.78, 5) is 10.8. The summed E-state index contributed by atoms with van der Waals surface area (Å²) >= 11 is 0. The predicted molar refractivity (Wildman–Crippen MR) is 32.0 cm³/mol. The maximum absolute atomic E-state index is 10.8. The number of H-pyrrole nitrogens is 1. The maximum atomic E-state index is 10.8. The third-order valence-corrected chi connectivity index (χ3v) is 1.18. The van der Waals surface area contributed by atoms with Crippen LogP contribution in [0.5, 0.6) is 0 Å². The second-order valence-corrected chi connectivity index (χ2v) is 1.82. The number of hydrogen-bond donors (Lipinski definition) is 2. The molecule has 0 unspecified atom stereocenters. The highest BCUT2D eigenvalue weighted by Gasteiger charge is 1.98. The Bertz CT molecular complexity index is 248. The summed E-state index contributed by atoms with van der Waals surface area (Å²) in [6, 6.07) is 0. The second kappa shape index (κ2) is 2.06. The van der Waals surface area contributed by atoms with Gasteiger partial charge < -0.3 is 10.2 Å². The molecular weight excluding hydrogens is 120 g/mol. The molecule has 0 saturated heterocycles. The molecule has 0 aliphatic heterocycles. The minimum atomic E-state index is -0.198. The van der Waals surface area contributed by atoms with Crippen LogP contribution in [0.3, 0.4) is 0 Å². The molecule has 0 aromatic carbocycles. The summed E-state index contributed by atoms with van der Waals surface area (Å²) in [5.74, 6) is 0. The molecule has 0 atom stereocenters. The summed E-state index contributed by atoms with van der Waals surface area (Å²) in [7, 11) is 1.60. The molecule has 1 heterocycles. The first-order valence-corrected chi connectivity index (χ1v) is 2.60. The minimum Gasteiger partial charge on any atom is -0.391 e. The average molecular weight is 128 g/mol. The van der Waals surface area contributed by atoms with Gasteiger partial charge in [-0.05, 0) is 0 Å². The fourth-order valence-electron chi connectivity index (χ4n) is 0.624. The van der Waals surface area contributed by atoms with Crippen LogP contribution in [0.4, 0.5) is 0 Å². The average Bonchev–Trinajstić information content (AvgIpc) is 2.15. The molecule has 0 aliphatic carbocycles. The van der Waals surface area contributed by atoms with Crippen LogP contribution in [-0.4, -0.2) is 14.9 Å². The Morgan fingerprint density at radius 2 is 2.56 bits per heavy atom. The van der Waals surface area contributed by atoms with Gasteiger partial charge in [-0.15, -0.1) is 0 Å². The largest absolute Gasteiger partial charge is 0.391 e. The Morgan fingerprint density at radius 3 is 2.78 bits per heavy atom. The number of nitrogens with one attached hydrogen (secondary N) is 1. The third-order valence-electron chi connectivity index (χ3n) is 1.18. The Kier molecular flexibility index (Phi) is 1.40. The zero-order valence-corrected chi connectivity index (χ0v) is 5.09. The van der Waals surface area contributed by atoms with Gasteiger partial charge in [-0.3, -0.25) is 9.48 Å². The monoisotopic (exact) mass is 128 g/mol. The van der Waals surface area contributed by atoms with Gasteiger partial charge in [0.05, 0.1) is 12.2 Å². The first-order valence-electron chi connectivity index (χ1n) is 2.60. The molecule has 50 valence electrons. The standard InChI is InChI=1S/C5H8N2O2/c1-7-5(9)4(3-8)2-6-7/h2,6,8H,3H2,1H3. The number of rotatable bonds is 1. The van der Waals surface area contributed by atoms with Crippen LogP contribution in [0.25, 0.3) is 0 Å². The smallest absolute Gasteiger partial charge is 0.271 e. The van der Waals surface area contributed by atoms with E-state index < -0.39 is 0 Å². The van der Waals surface area contributed by atoms with Crippen molar-refractivity contribution in [2.24, 2.45) is 7.05 Å². The molecule has 0 amide bonds. The lowest BCUT2D eigenvalue weighted by molar-refractivity contribution is 0.280. The highest BCUT2D eigenvalue weighted by atomic mass is 16.3. The van der Waals surface area contributed by atoms with Crippen molar-refractivity contribution in [1.29, 1.82) is 0 Å². The molecule has 1 rings (SSSR count). The molecule has 2 N–H and O–H groups in total. The highest BCUT2D eigenvalue weighted by molar-refractivity contribution is 5.01. The van der Waals surface area contributed by atoms with Crippen LogP contribution in [0.2, 0.25) is 0 Å². The van der Waals surface area contributed by atoms with Crippen LogP contribution in [0.1, 0.15) is 5.56 Å². The SMILES string of the molecule is Cn1[nH]cc(CO)c1=O. The van der Waals surface area contributed by atoms with Gasteiger partial charge in [0, 0.05) is 13.2 Å². The summed E-state index contributed by atoms with van der Waals surface area (Å²) < 4.78 is 1.31. The van der Waals surface area contributed by atoms with E-state index in [4.69, 9.17) is 5.11 Å². The lowest BCUT2D eigenvalue weighted by atomic mass is 10.4. The van der Waals surface area contributed by atoms with E-state index >= 15 is 0 Å². The Morgan fingerprint density at radius 1 is 1.89 bits per heavy atom. The van der Waals surface area contributed by atoms with Crippen LogP contribution in [0.15, 0.2) is 11.0 Å². The van der Waals surface area contributed by atoms with Crippen molar-refractivity contribution in [2.45, 2.75) is 6.61 Å². The van der Waals surface area contributed by atoms with E-state index in [1.807, 2.05) is 0 Å². The zero-order valence-electron chi connectivity index (χ0n) is 5.09. The second-order valence-electron chi connectivity index (χ2n) is 1.82. The third kappa shape index (κ3) is 0.882. The van der Waals surface area contributed by atoms with E-state index in [1.54, 1.807) is 7.05 Å². The zero-order chi connectivity index (χ0) is 6.85. The van der Waals surface area contributed by atoms with Gasteiger partial charge in [0.15, 0.2) is 0 Å². The summed E-state index contributed by atoms with van der Waals surface area (Å²) in [5.41, 5.74) is 0.231. The molecule has 0 radical (unpaired) electrons. The first kappa shape index (κ1) is 6.10. The Balaban J connectivity index is 3.20. The van der Waals surface area contributed by atoms with E-state index in [-0.39, 0.29) is 12.2 Å². The molecule has 1 aromatic rings. The van der Waals surface area contributed by atoms with Gasteiger partial charge in [-0.1, -0.05) is 0 Å². The lowest BCUT2D eigenvalue weighted by Crippen LogP contribution is -2.14. The fraction of sp³-hybridized carbons (Fsp3) is 0.400. The predicted octanol–water partition coefficient (Wildman–Crippen LogP) is -0.794. The van der Waals surface area contributed by atoms with Gasteiger partial charge in [0.25, 0.3) is 5.56 Å². The van der Waals surface area contributed by atoms with Crippen molar-refractivity contribution < 1.29 is 5.11 Å². The van der Waals surface area contributed by atoms with Crippen LogP contribution in [0, 0.1) is 0 Å². The molecule has 0 aliphatic rings. The van der Waals surface area contributed by atoms with E-state index in [0.717, 1.165) is 0 Å². The maximum Gasteiger partial charge on any atom is 0.271 e. The van der Waals surface area contributed by atoms with E-state index in [0.29, 0.717) is 5.56 Å². The molecule has 4 heteroatoms. The van der Waals surface area contributed by atoms with Crippen molar-refractivity contribution in [3.05, 3.63) is 22.1 Å². The fourth-order valence-corrected chi connectivity index (χ4v) is 0.624. The molecular formula is C5H8N2O2. The van der Waals surface area contributed by atoms with Crippen LogP contribution >= 0.6 is 0 Å². The first-order chi connectivity index (χ1) is 4.25. The summed E-state index contributed by atoms with van der Waals surface area (Å²) in [6.07, 6.45) is 1.49. The number of nitrogens with zero attached hydrogens (tertiary/aromatic N) is 1. The van der Waals surface area contributed by atoms with E-state index in [9.17, 15) is 4.79 Å². The number of aliphatic hydroxyl groups is 1. The topological polar surface area (TPSA) is 58.0 Å². The Hall–Kier alpha value is -1.03. The molecule has 0 saturated carbocycles. The molecule has 0 bridgehead atoms. The van der Waals surface area contributed by atoms with Crippen molar-refractivity contribution >= 4 is 0 Å². The van der Waals surface area contributed by atoms with Gasteiger partial charge in [-0.25, -0.2) is 0 Å². The summed E-state index contributed by atoms with van der Waals surface area (Å²) in [6.45, 7) is -0.198. The lowest BCUT2D eigenvalue weighted by Gasteiger charge is -1.82. The highest BCUT2D eigenvalue weighted by Crippen LogP contribution is 1.84. The van der Waals surface area contributed by atoms with Gasteiger partial charge >= 0.3 is 0 Å². The molecule has 9 heavy (non-hydrogen) atoms. The van der Waals surface area contributed by atoms with Gasteiger partial charge in [0.2, 0.25) is 0 Å². The molecule has 0 fully saturated rings. The number of aromatic amines is 1. The molecule has 0 spiro atoms. The van der Waals surface area contributed by atoms with E-state index in [2.05, 4.69) is 5.10 Å². The molecule has 1 aromatic heterocycles. The number of aromatic nitrogens is 2.